The Balaban J connectivity index is 1.71. The lowest BCUT2D eigenvalue weighted by atomic mass is 10.1. The van der Waals surface area contributed by atoms with Crippen LogP contribution in [0.5, 0.6) is 0 Å². The summed E-state index contributed by atoms with van der Waals surface area (Å²) in [6.45, 7) is 0. The van der Waals surface area contributed by atoms with Crippen LogP contribution in [0.1, 0.15) is 23.5 Å². The van der Waals surface area contributed by atoms with E-state index in [9.17, 15) is 9.59 Å². The Morgan fingerprint density at radius 3 is 2.83 bits per heavy atom. The lowest BCUT2D eigenvalue weighted by Gasteiger charge is -2.03. The van der Waals surface area contributed by atoms with Crippen molar-refractivity contribution in [3.05, 3.63) is 58.5 Å². The van der Waals surface area contributed by atoms with Gasteiger partial charge in [0.1, 0.15) is 5.82 Å². The van der Waals surface area contributed by atoms with Crippen LogP contribution in [0.2, 0.25) is 0 Å². The highest BCUT2D eigenvalue weighted by Gasteiger charge is 2.25. The fraction of sp³-hybridized carbons (Fsp3) is 0.176. The summed E-state index contributed by atoms with van der Waals surface area (Å²) in [5, 5.41) is -0.114. The third kappa shape index (κ3) is 4.04. The highest BCUT2D eigenvalue weighted by atomic mass is 32.2. The minimum atomic E-state index is -0.139. The Bertz CT molecular complexity index is 802. The van der Waals surface area contributed by atoms with Gasteiger partial charge in [0.05, 0.1) is 17.0 Å². The Kier molecular flexibility index (Phi) is 4.52. The maximum Gasteiger partial charge on any atom is 0.201 e. The van der Waals surface area contributed by atoms with Crippen LogP contribution in [0.15, 0.2) is 41.4 Å². The van der Waals surface area contributed by atoms with Crippen molar-refractivity contribution < 1.29 is 9.59 Å². The maximum absolute atomic E-state index is 11.7. The lowest BCUT2D eigenvalue weighted by Crippen LogP contribution is -2.00. The Morgan fingerprint density at radius 1 is 1.22 bits per heavy atom. The van der Waals surface area contributed by atoms with Gasteiger partial charge in [0.2, 0.25) is 5.12 Å². The molecule has 2 heterocycles. The summed E-state index contributed by atoms with van der Waals surface area (Å²) in [4.78, 5) is 32.1. The first-order chi connectivity index (χ1) is 11.1. The van der Waals surface area contributed by atoms with Crippen molar-refractivity contribution in [3.8, 4) is 0 Å². The lowest BCUT2D eigenvalue weighted by molar-refractivity contribution is -0.119. The Hall–Kier alpha value is -2.47. The van der Waals surface area contributed by atoms with Crippen LogP contribution in [0.4, 0.5) is 5.69 Å². The number of anilines is 1. The number of nitrogens with zero attached hydrogens (tertiary/aromatic N) is 2. The molecule has 1 aliphatic rings. The fourth-order valence-corrected chi connectivity index (χ4v) is 3.11. The maximum atomic E-state index is 11.7. The number of allylic oxidation sites excluding steroid dienone is 1. The van der Waals surface area contributed by atoms with Crippen LogP contribution in [0, 0.1) is 0 Å². The van der Waals surface area contributed by atoms with Gasteiger partial charge in [-0.05, 0) is 48.0 Å². The molecule has 2 aromatic rings. The smallest absolute Gasteiger partial charge is 0.201 e. The number of aryl methyl sites for hydroxylation is 2. The number of rotatable bonds is 4. The number of ketones is 1. The predicted octanol–water partition coefficient (Wildman–Crippen LogP) is 2.42. The molecule has 0 bridgehead atoms. The molecule has 0 radical (unpaired) electrons. The van der Waals surface area contributed by atoms with Gasteiger partial charge < -0.3 is 5.73 Å². The molecule has 5 nitrogen and oxygen atoms in total. The van der Waals surface area contributed by atoms with E-state index in [4.69, 9.17) is 5.73 Å². The standard InChI is InChI=1S/C17H15N3O2S/c18-12-3-1-2-11(8-12)4-5-16-19-7-6-13(20-16)9-15-14(21)10-17(22)23-15/h1-3,6-9H,4-5,10,18H2/b15-9-. The summed E-state index contributed by atoms with van der Waals surface area (Å²) in [5.41, 5.74) is 8.28. The normalized spacial score (nSPS) is 16.3. The second-order valence-electron chi connectivity index (χ2n) is 5.23. The van der Waals surface area contributed by atoms with Crippen LogP contribution in [0.3, 0.4) is 0 Å². The van der Waals surface area contributed by atoms with Gasteiger partial charge in [-0.1, -0.05) is 12.1 Å². The van der Waals surface area contributed by atoms with E-state index in [0.717, 1.165) is 29.4 Å². The van der Waals surface area contributed by atoms with E-state index in [1.807, 2.05) is 24.3 Å². The van der Waals surface area contributed by atoms with Gasteiger partial charge in [-0.3, -0.25) is 9.59 Å². The van der Waals surface area contributed by atoms with Crippen molar-refractivity contribution in [1.82, 2.24) is 9.97 Å². The van der Waals surface area contributed by atoms with Gasteiger partial charge in [-0.25, -0.2) is 9.97 Å². The topological polar surface area (TPSA) is 85.9 Å². The average molecular weight is 325 g/mol. The van der Waals surface area contributed by atoms with Crippen molar-refractivity contribution in [2.75, 3.05) is 5.73 Å². The van der Waals surface area contributed by atoms with Gasteiger partial charge in [0.15, 0.2) is 5.78 Å². The largest absolute Gasteiger partial charge is 0.399 e. The van der Waals surface area contributed by atoms with E-state index in [-0.39, 0.29) is 17.3 Å². The summed E-state index contributed by atoms with van der Waals surface area (Å²) in [6, 6.07) is 9.46. The number of thioether (sulfide) groups is 1. The third-order valence-corrected chi connectivity index (χ3v) is 4.34. The summed E-state index contributed by atoms with van der Waals surface area (Å²) in [7, 11) is 0. The van der Waals surface area contributed by atoms with Gasteiger partial charge in [0.25, 0.3) is 0 Å². The van der Waals surface area contributed by atoms with Crippen LogP contribution in [0.25, 0.3) is 6.08 Å². The first-order valence-corrected chi connectivity index (χ1v) is 8.04. The van der Waals surface area contributed by atoms with Crippen LogP contribution < -0.4 is 5.73 Å². The van der Waals surface area contributed by atoms with Crippen LogP contribution >= 0.6 is 11.8 Å². The molecule has 1 aliphatic heterocycles. The Labute approximate surface area is 138 Å². The van der Waals surface area contributed by atoms with Crippen LogP contribution in [-0.4, -0.2) is 20.9 Å². The van der Waals surface area contributed by atoms with E-state index >= 15 is 0 Å². The minimum absolute atomic E-state index is 0.0239. The van der Waals surface area contributed by atoms with Crippen molar-refractivity contribution in [1.29, 1.82) is 0 Å². The summed E-state index contributed by atoms with van der Waals surface area (Å²) in [6.07, 6.45) is 4.77. The average Bonchev–Trinajstić information content (AvgIpc) is 2.83. The molecule has 23 heavy (non-hydrogen) atoms. The molecule has 1 saturated heterocycles. The molecule has 0 aliphatic carbocycles. The molecule has 0 unspecified atom stereocenters. The third-order valence-electron chi connectivity index (χ3n) is 3.40. The van der Waals surface area contributed by atoms with E-state index in [1.165, 1.54) is 0 Å². The predicted molar refractivity (Wildman–Crippen MR) is 90.5 cm³/mol. The number of nitrogen functional groups attached to an aromatic ring is 1. The van der Waals surface area contributed by atoms with E-state index < -0.39 is 0 Å². The highest BCUT2D eigenvalue weighted by molar-refractivity contribution is 8.18. The molecule has 0 saturated carbocycles. The summed E-state index contributed by atoms with van der Waals surface area (Å²) >= 11 is 0.985. The van der Waals surface area contributed by atoms with Gasteiger partial charge in [-0.2, -0.15) is 0 Å². The van der Waals surface area contributed by atoms with Crippen molar-refractivity contribution in [2.24, 2.45) is 0 Å². The molecule has 0 amide bonds. The minimum Gasteiger partial charge on any atom is -0.399 e. The number of hydrogen-bond acceptors (Lipinski definition) is 6. The zero-order chi connectivity index (χ0) is 16.2. The monoisotopic (exact) mass is 325 g/mol. The van der Waals surface area contributed by atoms with Gasteiger partial charge in [0, 0.05) is 18.3 Å². The Morgan fingerprint density at radius 2 is 2.09 bits per heavy atom. The van der Waals surface area contributed by atoms with Gasteiger partial charge >= 0.3 is 0 Å². The molecule has 6 heteroatoms. The molecule has 116 valence electrons. The number of carbonyl (C=O) groups excluding carboxylic acids is 2. The fourth-order valence-electron chi connectivity index (χ4n) is 2.30. The van der Waals surface area contributed by atoms with Crippen molar-refractivity contribution in [3.63, 3.8) is 0 Å². The molecule has 0 spiro atoms. The SMILES string of the molecule is Nc1cccc(CCc2nccc(/C=C3\SC(=O)CC3=O)n2)c1. The number of nitrogens with two attached hydrogens (primary N) is 1. The van der Waals surface area contributed by atoms with Crippen LogP contribution in [-0.2, 0) is 22.4 Å². The van der Waals surface area contributed by atoms with E-state index in [1.54, 1.807) is 18.3 Å². The van der Waals surface area contributed by atoms with E-state index in [0.29, 0.717) is 22.8 Å². The highest BCUT2D eigenvalue weighted by Crippen LogP contribution is 2.30. The zero-order valence-corrected chi connectivity index (χ0v) is 13.2. The molecule has 0 atom stereocenters. The molecule has 1 fully saturated rings. The van der Waals surface area contributed by atoms with Crippen molar-refractivity contribution in [2.45, 2.75) is 19.3 Å². The molecule has 1 aromatic heterocycles. The summed E-state index contributed by atoms with van der Waals surface area (Å²) in [5.74, 6) is 0.559. The molecular formula is C17H15N3O2S. The second kappa shape index (κ2) is 6.75. The van der Waals surface area contributed by atoms with Crippen molar-refractivity contribution >= 4 is 34.4 Å². The number of hydrogen-bond donors (Lipinski definition) is 1. The molecular weight excluding hydrogens is 310 g/mol. The van der Waals surface area contributed by atoms with E-state index in [2.05, 4.69) is 9.97 Å². The quantitative estimate of drug-likeness (QED) is 0.528. The number of aromatic nitrogens is 2. The second-order valence-corrected chi connectivity index (χ2v) is 6.32. The number of benzene rings is 1. The zero-order valence-electron chi connectivity index (χ0n) is 12.4. The van der Waals surface area contributed by atoms with Gasteiger partial charge in [-0.15, -0.1) is 0 Å². The molecule has 2 N–H and O–H groups in total. The number of Topliss-reactive ketones (excluding diaryl/α,β-unsaturated/α-hetero) is 1. The number of carbonyl (C=O) groups is 2. The first kappa shape index (κ1) is 15.4. The summed E-state index contributed by atoms with van der Waals surface area (Å²) < 4.78 is 0. The molecule has 1 aromatic carbocycles. The first-order valence-electron chi connectivity index (χ1n) is 7.22. The molecule has 3 rings (SSSR count).